The predicted octanol–water partition coefficient (Wildman–Crippen LogP) is 4.02. The van der Waals surface area contributed by atoms with Crippen LogP contribution < -0.4 is 10.1 Å². The Kier molecular flexibility index (Phi) is 6.45. The van der Waals surface area contributed by atoms with Gasteiger partial charge in [-0.1, -0.05) is 6.07 Å². The minimum Gasteiger partial charge on any atom is -0.481 e. The molecule has 29 heavy (non-hydrogen) atoms. The first-order valence-corrected chi connectivity index (χ1v) is 9.32. The number of halogens is 3. The van der Waals surface area contributed by atoms with E-state index in [-0.39, 0.29) is 18.0 Å². The molecule has 0 aliphatic carbocycles. The van der Waals surface area contributed by atoms with Crippen LogP contribution in [0.2, 0.25) is 0 Å². The van der Waals surface area contributed by atoms with Gasteiger partial charge in [0.05, 0.1) is 24.5 Å². The Hall–Kier alpha value is -2.98. The number of amides is 1. The van der Waals surface area contributed by atoms with Gasteiger partial charge in [-0.25, -0.2) is 18.2 Å². The number of pyridine rings is 1. The molecule has 0 saturated heterocycles. The van der Waals surface area contributed by atoms with Crippen molar-refractivity contribution in [1.82, 2.24) is 9.36 Å². The van der Waals surface area contributed by atoms with Crippen LogP contribution in [0.25, 0.3) is 11.3 Å². The number of hydrogen-bond donors (Lipinski definition) is 2. The second-order valence-electron chi connectivity index (χ2n) is 6.09. The molecule has 0 aliphatic rings. The monoisotopic (exact) mass is 423 g/mol. The van der Waals surface area contributed by atoms with Crippen LogP contribution >= 0.6 is 11.5 Å². The summed E-state index contributed by atoms with van der Waals surface area (Å²) in [5.41, 5.74) is -1.25. The Morgan fingerprint density at radius 2 is 1.93 bits per heavy atom. The van der Waals surface area contributed by atoms with Crippen LogP contribution in [0.1, 0.15) is 23.8 Å². The summed E-state index contributed by atoms with van der Waals surface area (Å²) in [5, 5.41) is 12.1. The highest BCUT2D eigenvalue weighted by Crippen LogP contribution is 2.30. The van der Waals surface area contributed by atoms with Crippen molar-refractivity contribution in [3.63, 3.8) is 0 Å². The zero-order valence-electron chi connectivity index (χ0n) is 15.2. The summed E-state index contributed by atoms with van der Waals surface area (Å²) in [4.78, 5) is 16.3. The van der Waals surface area contributed by atoms with Crippen molar-refractivity contribution in [2.24, 2.45) is 0 Å². The molecule has 1 aromatic carbocycles. The van der Waals surface area contributed by atoms with Crippen LogP contribution in [0.5, 0.6) is 5.06 Å². The van der Waals surface area contributed by atoms with E-state index in [2.05, 4.69) is 14.7 Å². The van der Waals surface area contributed by atoms with E-state index in [4.69, 9.17) is 4.74 Å². The molecule has 0 radical (unpaired) electrons. The summed E-state index contributed by atoms with van der Waals surface area (Å²) in [6.45, 7) is 1.84. The third-order valence-corrected chi connectivity index (χ3v) is 4.55. The molecule has 1 atom stereocenters. The zero-order valence-corrected chi connectivity index (χ0v) is 16.0. The molecular formula is C19H16F3N3O3S. The smallest absolute Gasteiger partial charge is 0.274 e. The maximum absolute atomic E-state index is 14.1. The van der Waals surface area contributed by atoms with Crippen LogP contribution in [0.3, 0.4) is 0 Å². The molecular weight excluding hydrogens is 407 g/mol. The number of carbonyl (C=O) groups excluding carboxylic acids is 1. The lowest BCUT2D eigenvalue weighted by molar-refractivity contribution is 0.102. The fourth-order valence-corrected chi connectivity index (χ4v) is 2.98. The number of rotatable bonds is 7. The van der Waals surface area contributed by atoms with Crippen LogP contribution in [0.4, 0.5) is 18.9 Å². The van der Waals surface area contributed by atoms with E-state index in [1.54, 1.807) is 6.92 Å². The molecule has 0 saturated carbocycles. The van der Waals surface area contributed by atoms with E-state index in [1.807, 2.05) is 0 Å². The third kappa shape index (κ3) is 4.90. The Labute approximate surface area is 168 Å². The first-order chi connectivity index (χ1) is 13.9. The fraction of sp³-hybridized carbons (Fsp3) is 0.211. The van der Waals surface area contributed by atoms with Crippen molar-refractivity contribution in [2.75, 3.05) is 11.9 Å². The van der Waals surface area contributed by atoms with Gasteiger partial charge >= 0.3 is 0 Å². The highest BCUT2D eigenvalue weighted by molar-refractivity contribution is 7.08. The number of aliphatic hydroxyl groups is 1. The lowest BCUT2D eigenvalue weighted by Crippen LogP contribution is -2.15. The number of carbonyl (C=O) groups is 1. The molecule has 0 bridgehead atoms. The standard InChI is InChI=1S/C19H16F3N3O3S/c1-10(26)7-8-28-19-15(9-23-29-19)25-18(27)14-6-5-13(22)17(24-14)16-11(20)3-2-4-12(16)21/h2-6,9-10,26H,7-8H2,1H3,(H,25,27). The largest absolute Gasteiger partial charge is 0.481 e. The van der Waals surface area contributed by atoms with Crippen molar-refractivity contribution >= 4 is 23.1 Å². The number of nitrogens with one attached hydrogen (secondary N) is 1. The molecule has 3 rings (SSSR count). The predicted molar refractivity (Wildman–Crippen MR) is 101 cm³/mol. The number of hydrogen-bond acceptors (Lipinski definition) is 6. The van der Waals surface area contributed by atoms with Gasteiger partial charge in [-0.05, 0) is 31.2 Å². The van der Waals surface area contributed by atoms with Gasteiger partial charge in [0.2, 0.25) is 5.06 Å². The van der Waals surface area contributed by atoms with Crippen molar-refractivity contribution in [3.05, 3.63) is 59.7 Å². The van der Waals surface area contributed by atoms with Crippen molar-refractivity contribution in [1.29, 1.82) is 0 Å². The molecule has 2 N–H and O–H groups in total. The van der Waals surface area contributed by atoms with Crippen molar-refractivity contribution in [3.8, 4) is 16.3 Å². The number of aromatic nitrogens is 2. The Morgan fingerprint density at radius 3 is 2.62 bits per heavy atom. The zero-order chi connectivity index (χ0) is 21.0. The number of aliphatic hydroxyl groups excluding tert-OH is 1. The molecule has 152 valence electrons. The summed E-state index contributed by atoms with van der Waals surface area (Å²) in [6.07, 6.45) is 1.21. The average Bonchev–Trinajstić information content (AvgIpc) is 3.09. The minimum absolute atomic E-state index is 0.217. The number of nitrogens with zero attached hydrogens (tertiary/aromatic N) is 2. The molecule has 1 amide bonds. The molecule has 0 fully saturated rings. The lowest BCUT2D eigenvalue weighted by Gasteiger charge is -2.10. The van der Waals surface area contributed by atoms with E-state index in [1.165, 1.54) is 6.20 Å². The summed E-state index contributed by atoms with van der Waals surface area (Å²) in [7, 11) is 0. The van der Waals surface area contributed by atoms with Gasteiger partial charge in [-0.2, -0.15) is 4.37 Å². The highest BCUT2D eigenvalue weighted by Gasteiger charge is 2.20. The summed E-state index contributed by atoms with van der Waals surface area (Å²) in [6, 6.07) is 5.10. The van der Waals surface area contributed by atoms with E-state index >= 15 is 0 Å². The van der Waals surface area contributed by atoms with Crippen LogP contribution in [0, 0.1) is 17.5 Å². The average molecular weight is 423 g/mol. The van der Waals surface area contributed by atoms with Gasteiger partial charge < -0.3 is 15.2 Å². The summed E-state index contributed by atoms with van der Waals surface area (Å²) >= 11 is 0.997. The maximum Gasteiger partial charge on any atom is 0.274 e. The van der Waals surface area contributed by atoms with Crippen LogP contribution in [0.15, 0.2) is 36.5 Å². The highest BCUT2D eigenvalue weighted by atomic mass is 32.1. The van der Waals surface area contributed by atoms with E-state index in [0.29, 0.717) is 11.5 Å². The molecule has 3 aromatic rings. The first-order valence-electron chi connectivity index (χ1n) is 8.54. The number of anilines is 1. The first kappa shape index (κ1) is 20.7. The molecule has 2 aromatic heterocycles. The van der Waals surface area contributed by atoms with Crippen molar-refractivity contribution < 1.29 is 27.8 Å². The molecule has 10 heteroatoms. The molecule has 1 unspecified atom stereocenters. The topological polar surface area (TPSA) is 84.3 Å². The molecule has 0 spiro atoms. The Morgan fingerprint density at radius 1 is 1.21 bits per heavy atom. The van der Waals surface area contributed by atoms with E-state index in [0.717, 1.165) is 41.9 Å². The van der Waals surface area contributed by atoms with Crippen LogP contribution in [-0.2, 0) is 0 Å². The third-order valence-electron chi connectivity index (χ3n) is 3.83. The van der Waals surface area contributed by atoms with Gasteiger partial charge in [0.1, 0.15) is 34.5 Å². The number of ether oxygens (including phenoxy) is 1. The molecule has 2 heterocycles. The second-order valence-corrected chi connectivity index (χ2v) is 6.85. The van der Waals surface area contributed by atoms with E-state index in [9.17, 15) is 23.1 Å². The van der Waals surface area contributed by atoms with Gasteiger partial charge in [-0.3, -0.25) is 4.79 Å². The van der Waals surface area contributed by atoms with Crippen LogP contribution in [-0.4, -0.2) is 33.1 Å². The molecule has 6 nitrogen and oxygen atoms in total. The lowest BCUT2D eigenvalue weighted by atomic mass is 10.1. The van der Waals surface area contributed by atoms with Gasteiger partial charge in [0.25, 0.3) is 5.91 Å². The number of benzene rings is 1. The minimum atomic E-state index is -0.996. The Balaban J connectivity index is 1.82. The quantitative estimate of drug-likeness (QED) is 0.600. The second kappa shape index (κ2) is 9.01. The fourth-order valence-electron chi connectivity index (χ4n) is 2.39. The van der Waals surface area contributed by atoms with Gasteiger partial charge in [0, 0.05) is 18.0 Å². The Bertz CT molecular complexity index is 1010. The summed E-state index contributed by atoms with van der Waals surface area (Å²) in [5.74, 6) is -3.69. The van der Waals surface area contributed by atoms with Gasteiger partial charge in [0.15, 0.2) is 0 Å². The maximum atomic E-state index is 14.1. The summed E-state index contributed by atoms with van der Waals surface area (Å²) < 4.78 is 51.5. The SMILES string of the molecule is CC(O)CCOc1sncc1NC(=O)c1ccc(F)c(-c2c(F)cccc2F)n1. The normalized spacial score (nSPS) is 11.9. The van der Waals surface area contributed by atoms with Crippen molar-refractivity contribution in [2.45, 2.75) is 19.4 Å². The van der Waals surface area contributed by atoms with E-state index < -0.39 is 40.7 Å². The molecule has 0 aliphatic heterocycles. The van der Waals surface area contributed by atoms with Gasteiger partial charge in [-0.15, -0.1) is 0 Å².